The molecule has 0 aromatic carbocycles. The molecule has 0 spiro atoms. The van der Waals surface area contributed by atoms with Crippen LogP contribution in [0.5, 0.6) is 0 Å². The first-order chi connectivity index (χ1) is 5.49. The Balaban J connectivity index is 2.50. The molecule has 0 aliphatic heterocycles. The summed E-state index contributed by atoms with van der Waals surface area (Å²) in [4.78, 5) is 0. The number of alkyl halides is 1. The van der Waals surface area contributed by atoms with Gasteiger partial charge in [0, 0.05) is 16.6 Å². The molecule has 0 N–H and O–H groups in total. The Morgan fingerprint density at radius 3 is 2.42 bits per heavy atom. The molecule has 0 radical (unpaired) electrons. The van der Waals surface area contributed by atoms with E-state index in [-0.39, 0.29) is 11.7 Å². The first kappa shape index (κ1) is 10.3. The van der Waals surface area contributed by atoms with Crippen molar-refractivity contribution in [3.05, 3.63) is 0 Å². The van der Waals surface area contributed by atoms with E-state index in [2.05, 4.69) is 0 Å². The molecule has 0 heterocycles. The van der Waals surface area contributed by atoms with E-state index < -0.39 is 15.2 Å². The molecule has 12 heavy (non-hydrogen) atoms. The van der Waals surface area contributed by atoms with Crippen LogP contribution >= 0.6 is 10.7 Å². The molecule has 1 fully saturated rings. The van der Waals surface area contributed by atoms with Crippen LogP contribution in [0, 0.1) is 5.92 Å². The average Bonchev–Trinajstić information content (AvgIpc) is 1.91. The van der Waals surface area contributed by atoms with Crippen molar-refractivity contribution in [1.82, 2.24) is 0 Å². The summed E-state index contributed by atoms with van der Waals surface area (Å²) in [7, 11) is 1.51. The van der Waals surface area contributed by atoms with Crippen molar-refractivity contribution in [2.75, 3.05) is 5.75 Å². The van der Waals surface area contributed by atoms with Crippen LogP contribution in [-0.2, 0) is 9.05 Å². The minimum Gasteiger partial charge on any atom is -0.247 e. The summed E-state index contributed by atoms with van der Waals surface area (Å²) in [6.07, 6.45) is 1.93. The van der Waals surface area contributed by atoms with Gasteiger partial charge < -0.3 is 0 Å². The van der Waals surface area contributed by atoms with Gasteiger partial charge >= 0.3 is 0 Å². The van der Waals surface area contributed by atoms with E-state index in [1.54, 1.807) is 0 Å². The molecule has 72 valence electrons. The smallest absolute Gasteiger partial charge is 0.232 e. The SMILES string of the molecule is O=S(=O)(Cl)CC1CCCCC1F. The molecule has 1 aliphatic rings. The van der Waals surface area contributed by atoms with E-state index in [0.717, 1.165) is 12.8 Å². The zero-order valence-electron chi connectivity index (χ0n) is 6.67. The number of hydrogen-bond acceptors (Lipinski definition) is 2. The van der Waals surface area contributed by atoms with E-state index in [9.17, 15) is 12.8 Å². The molecule has 5 heteroatoms. The lowest BCUT2D eigenvalue weighted by Crippen LogP contribution is -2.26. The maximum Gasteiger partial charge on any atom is 0.232 e. The van der Waals surface area contributed by atoms with Gasteiger partial charge in [0.1, 0.15) is 6.17 Å². The maximum absolute atomic E-state index is 13.1. The van der Waals surface area contributed by atoms with Gasteiger partial charge in [0.15, 0.2) is 0 Å². The summed E-state index contributed by atoms with van der Waals surface area (Å²) in [6, 6.07) is 0. The molecule has 1 aliphatic carbocycles. The molecular formula is C7H12ClFO2S. The van der Waals surface area contributed by atoms with Crippen LogP contribution in [0.3, 0.4) is 0 Å². The topological polar surface area (TPSA) is 34.1 Å². The van der Waals surface area contributed by atoms with Crippen molar-refractivity contribution in [3.8, 4) is 0 Å². The fourth-order valence-corrected chi connectivity index (χ4v) is 2.98. The van der Waals surface area contributed by atoms with Crippen molar-refractivity contribution in [3.63, 3.8) is 0 Å². The quantitative estimate of drug-likeness (QED) is 0.660. The minimum absolute atomic E-state index is 0.213. The molecule has 0 bridgehead atoms. The lowest BCUT2D eigenvalue weighted by molar-refractivity contribution is 0.181. The lowest BCUT2D eigenvalue weighted by Gasteiger charge is -2.24. The molecule has 0 amide bonds. The number of halogens is 2. The maximum atomic E-state index is 13.1. The van der Waals surface area contributed by atoms with Gasteiger partial charge in [0.2, 0.25) is 9.05 Å². The predicted octanol–water partition coefficient (Wildman–Crippen LogP) is 2.08. The van der Waals surface area contributed by atoms with Crippen molar-refractivity contribution in [1.29, 1.82) is 0 Å². The fraction of sp³-hybridized carbons (Fsp3) is 1.00. The van der Waals surface area contributed by atoms with Crippen molar-refractivity contribution >= 4 is 19.7 Å². The van der Waals surface area contributed by atoms with Gasteiger partial charge in [-0.2, -0.15) is 0 Å². The standard InChI is InChI=1S/C7H12ClFO2S/c8-12(10,11)5-6-3-1-2-4-7(6)9/h6-7H,1-5H2. The Morgan fingerprint density at radius 1 is 1.33 bits per heavy atom. The second kappa shape index (κ2) is 3.92. The Bertz CT molecular complexity index is 240. The molecular weight excluding hydrogens is 203 g/mol. The number of rotatable bonds is 2. The molecule has 2 nitrogen and oxygen atoms in total. The highest BCUT2D eigenvalue weighted by atomic mass is 35.7. The summed E-state index contributed by atoms with van der Waals surface area (Å²) in [5, 5.41) is 0. The molecule has 1 rings (SSSR count). The molecule has 2 atom stereocenters. The van der Waals surface area contributed by atoms with Crippen LogP contribution in [0.1, 0.15) is 25.7 Å². The van der Waals surface area contributed by atoms with Crippen LogP contribution in [0.15, 0.2) is 0 Å². The third-order valence-corrected chi connectivity index (χ3v) is 3.43. The number of hydrogen-bond donors (Lipinski definition) is 0. The largest absolute Gasteiger partial charge is 0.247 e. The molecule has 0 aromatic heterocycles. The zero-order valence-corrected chi connectivity index (χ0v) is 8.24. The van der Waals surface area contributed by atoms with Crippen LogP contribution in [0.25, 0.3) is 0 Å². The van der Waals surface area contributed by atoms with Gasteiger partial charge in [0.05, 0.1) is 5.75 Å². The minimum atomic E-state index is -3.52. The second-order valence-electron chi connectivity index (χ2n) is 3.27. The first-order valence-electron chi connectivity index (χ1n) is 4.05. The van der Waals surface area contributed by atoms with Crippen LogP contribution in [0.4, 0.5) is 4.39 Å². The third kappa shape index (κ3) is 3.27. The van der Waals surface area contributed by atoms with Gasteiger partial charge in [-0.25, -0.2) is 12.8 Å². The monoisotopic (exact) mass is 214 g/mol. The fourth-order valence-electron chi connectivity index (χ4n) is 1.61. The summed E-state index contributed by atoms with van der Waals surface area (Å²) >= 11 is 0. The summed E-state index contributed by atoms with van der Waals surface area (Å²) in [6.45, 7) is 0. The Labute approximate surface area is 76.5 Å². The van der Waals surface area contributed by atoms with E-state index in [1.807, 2.05) is 0 Å². The highest BCUT2D eigenvalue weighted by Gasteiger charge is 2.28. The van der Waals surface area contributed by atoms with Crippen molar-refractivity contribution < 1.29 is 12.8 Å². The van der Waals surface area contributed by atoms with E-state index >= 15 is 0 Å². The molecule has 0 aromatic rings. The van der Waals surface area contributed by atoms with Crippen LogP contribution < -0.4 is 0 Å². The zero-order chi connectivity index (χ0) is 9.19. The van der Waals surface area contributed by atoms with Crippen molar-refractivity contribution in [2.24, 2.45) is 5.92 Å². The van der Waals surface area contributed by atoms with E-state index in [1.165, 1.54) is 0 Å². The van der Waals surface area contributed by atoms with Crippen LogP contribution in [0.2, 0.25) is 0 Å². The highest BCUT2D eigenvalue weighted by Crippen LogP contribution is 2.28. The third-order valence-electron chi connectivity index (χ3n) is 2.23. The normalized spacial score (nSPS) is 31.8. The molecule has 2 unspecified atom stereocenters. The van der Waals surface area contributed by atoms with Gasteiger partial charge in [0.25, 0.3) is 0 Å². The predicted molar refractivity (Wildman–Crippen MR) is 46.5 cm³/mol. The van der Waals surface area contributed by atoms with Gasteiger partial charge in [-0.1, -0.05) is 12.8 Å². The second-order valence-corrected chi connectivity index (χ2v) is 6.09. The Hall–Kier alpha value is 0.170. The lowest BCUT2D eigenvalue weighted by atomic mass is 9.89. The summed E-state index contributed by atoms with van der Waals surface area (Å²) < 4.78 is 34.3. The van der Waals surface area contributed by atoms with E-state index in [4.69, 9.17) is 10.7 Å². The highest BCUT2D eigenvalue weighted by molar-refractivity contribution is 8.13. The molecule has 1 saturated carbocycles. The molecule has 0 saturated heterocycles. The van der Waals surface area contributed by atoms with Gasteiger partial charge in [-0.15, -0.1) is 0 Å². The average molecular weight is 215 g/mol. The Morgan fingerprint density at radius 2 is 1.92 bits per heavy atom. The first-order valence-corrected chi connectivity index (χ1v) is 6.53. The summed E-state index contributed by atoms with van der Waals surface area (Å²) in [5.74, 6) is -0.586. The Kier molecular flexibility index (Phi) is 3.35. The summed E-state index contributed by atoms with van der Waals surface area (Å²) in [5.41, 5.74) is 0. The van der Waals surface area contributed by atoms with Gasteiger partial charge in [-0.3, -0.25) is 0 Å². The van der Waals surface area contributed by atoms with Crippen molar-refractivity contribution in [2.45, 2.75) is 31.9 Å². The van der Waals surface area contributed by atoms with E-state index in [0.29, 0.717) is 12.8 Å². The van der Waals surface area contributed by atoms with Gasteiger partial charge in [-0.05, 0) is 12.8 Å². The van der Waals surface area contributed by atoms with Crippen LogP contribution in [-0.4, -0.2) is 20.3 Å².